The maximum atomic E-state index is 12.2. The summed E-state index contributed by atoms with van der Waals surface area (Å²) in [5.74, 6) is 0.264. The highest BCUT2D eigenvalue weighted by Crippen LogP contribution is 2.23. The Bertz CT molecular complexity index is 636. The SMILES string of the molecule is CCCCNC(C)c1nc2c(C(=O)OCCCC)cccc2o1. The number of ether oxygens (including phenoxy) is 1. The van der Waals surface area contributed by atoms with Crippen LogP contribution >= 0.6 is 0 Å². The molecule has 0 fully saturated rings. The predicted molar refractivity (Wildman–Crippen MR) is 90.5 cm³/mol. The van der Waals surface area contributed by atoms with Crippen molar-refractivity contribution >= 4 is 17.1 Å². The van der Waals surface area contributed by atoms with Gasteiger partial charge < -0.3 is 14.5 Å². The van der Waals surface area contributed by atoms with Gasteiger partial charge in [-0.25, -0.2) is 9.78 Å². The summed E-state index contributed by atoms with van der Waals surface area (Å²) >= 11 is 0. The van der Waals surface area contributed by atoms with E-state index in [1.54, 1.807) is 12.1 Å². The number of nitrogens with one attached hydrogen (secondary N) is 1. The second kappa shape index (κ2) is 8.67. The van der Waals surface area contributed by atoms with Gasteiger partial charge in [-0.3, -0.25) is 0 Å². The molecule has 5 heteroatoms. The summed E-state index contributed by atoms with van der Waals surface area (Å²) in [5.41, 5.74) is 1.66. The predicted octanol–water partition coefficient (Wildman–Crippen LogP) is 4.24. The van der Waals surface area contributed by atoms with Crippen LogP contribution in [0.5, 0.6) is 0 Å². The van der Waals surface area contributed by atoms with Crippen LogP contribution in [0.1, 0.15) is 68.7 Å². The van der Waals surface area contributed by atoms with Gasteiger partial charge in [0.25, 0.3) is 0 Å². The first kappa shape index (κ1) is 17.5. The maximum absolute atomic E-state index is 12.2. The van der Waals surface area contributed by atoms with Gasteiger partial charge in [-0.15, -0.1) is 0 Å². The Hall–Kier alpha value is -1.88. The van der Waals surface area contributed by atoms with Crippen LogP contribution in [0.25, 0.3) is 11.1 Å². The Balaban J connectivity index is 2.15. The Labute approximate surface area is 137 Å². The zero-order valence-corrected chi connectivity index (χ0v) is 14.2. The molecule has 0 radical (unpaired) electrons. The van der Waals surface area contributed by atoms with Gasteiger partial charge in [-0.05, 0) is 38.4 Å². The average molecular weight is 318 g/mol. The van der Waals surface area contributed by atoms with Crippen LogP contribution in [0.3, 0.4) is 0 Å². The minimum absolute atomic E-state index is 0.0120. The highest BCUT2D eigenvalue weighted by molar-refractivity contribution is 6.01. The van der Waals surface area contributed by atoms with Gasteiger partial charge >= 0.3 is 5.97 Å². The Morgan fingerprint density at radius 3 is 2.83 bits per heavy atom. The third kappa shape index (κ3) is 4.55. The van der Waals surface area contributed by atoms with Crippen molar-refractivity contribution in [3.63, 3.8) is 0 Å². The third-order valence-corrected chi connectivity index (χ3v) is 3.74. The second-order valence-electron chi connectivity index (χ2n) is 5.72. The topological polar surface area (TPSA) is 64.4 Å². The van der Waals surface area contributed by atoms with E-state index in [4.69, 9.17) is 9.15 Å². The van der Waals surface area contributed by atoms with E-state index in [0.717, 1.165) is 32.2 Å². The number of fused-ring (bicyclic) bond motifs is 1. The summed E-state index contributed by atoms with van der Waals surface area (Å²) in [5, 5.41) is 3.38. The molecular formula is C18H26N2O3. The molecule has 0 aliphatic heterocycles. The highest BCUT2D eigenvalue weighted by atomic mass is 16.5. The minimum Gasteiger partial charge on any atom is -0.462 e. The van der Waals surface area contributed by atoms with Crippen LogP contribution < -0.4 is 5.32 Å². The molecule has 1 N–H and O–H groups in total. The van der Waals surface area contributed by atoms with Crippen molar-refractivity contribution in [2.24, 2.45) is 0 Å². The molecule has 0 spiro atoms. The van der Waals surface area contributed by atoms with Crippen LogP contribution in [0.15, 0.2) is 22.6 Å². The van der Waals surface area contributed by atoms with E-state index < -0.39 is 0 Å². The summed E-state index contributed by atoms with van der Waals surface area (Å²) < 4.78 is 11.1. The monoisotopic (exact) mass is 318 g/mol. The number of benzene rings is 1. The summed E-state index contributed by atoms with van der Waals surface area (Å²) in [6, 6.07) is 5.37. The molecule has 0 saturated heterocycles. The molecule has 126 valence electrons. The van der Waals surface area contributed by atoms with Crippen LogP contribution in [0, 0.1) is 0 Å². The highest BCUT2D eigenvalue weighted by Gasteiger charge is 2.18. The van der Waals surface area contributed by atoms with Gasteiger partial charge in [0, 0.05) is 0 Å². The first-order valence-electron chi connectivity index (χ1n) is 8.47. The zero-order valence-electron chi connectivity index (χ0n) is 14.2. The number of aromatic nitrogens is 1. The van der Waals surface area contributed by atoms with E-state index in [-0.39, 0.29) is 12.0 Å². The number of carbonyl (C=O) groups excluding carboxylic acids is 1. The number of carbonyl (C=O) groups is 1. The summed E-state index contributed by atoms with van der Waals surface area (Å²) in [6.07, 6.45) is 4.11. The van der Waals surface area contributed by atoms with Crippen molar-refractivity contribution in [2.75, 3.05) is 13.2 Å². The molecule has 23 heavy (non-hydrogen) atoms. The summed E-state index contributed by atoms with van der Waals surface area (Å²) in [6.45, 7) is 7.58. The number of para-hydroxylation sites is 1. The van der Waals surface area contributed by atoms with Gasteiger partial charge in [-0.1, -0.05) is 32.8 Å². The molecule has 1 atom stereocenters. The number of rotatable bonds is 9. The largest absolute Gasteiger partial charge is 0.462 e. The molecule has 1 unspecified atom stereocenters. The Morgan fingerprint density at radius 2 is 2.09 bits per heavy atom. The van der Waals surface area contributed by atoms with Crippen LogP contribution in [0.2, 0.25) is 0 Å². The standard InChI is InChI=1S/C18H26N2O3/c1-4-6-11-19-13(3)17-20-16-14(9-8-10-15(16)23-17)18(21)22-12-7-5-2/h8-10,13,19H,4-7,11-12H2,1-3H3. The maximum Gasteiger partial charge on any atom is 0.340 e. The third-order valence-electron chi connectivity index (χ3n) is 3.74. The van der Waals surface area contributed by atoms with Gasteiger partial charge in [0.2, 0.25) is 5.89 Å². The van der Waals surface area contributed by atoms with E-state index in [1.807, 2.05) is 13.0 Å². The number of hydrogen-bond acceptors (Lipinski definition) is 5. The molecule has 2 rings (SSSR count). The van der Waals surface area contributed by atoms with Crippen molar-refractivity contribution in [2.45, 2.75) is 52.5 Å². The molecule has 1 heterocycles. The minimum atomic E-state index is -0.338. The van der Waals surface area contributed by atoms with Crippen molar-refractivity contribution in [1.82, 2.24) is 10.3 Å². The first-order chi connectivity index (χ1) is 11.2. The molecular weight excluding hydrogens is 292 g/mol. The number of nitrogens with zero attached hydrogens (tertiary/aromatic N) is 1. The number of oxazole rings is 1. The molecule has 0 saturated carbocycles. The fourth-order valence-electron chi connectivity index (χ4n) is 2.29. The molecule has 5 nitrogen and oxygen atoms in total. The fraction of sp³-hybridized carbons (Fsp3) is 0.556. The molecule has 0 aliphatic carbocycles. The van der Waals surface area contributed by atoms with Crippen LogP contribution in [-0.2, 0) is 4.74 Å². The van der Waals surface area contributed by atoms with Gasteiger partial charge in [0.15, 0.2) is 5.58 Å². The lowest BCUT2D eigenvalue weighted by Crippen LogP contribution is -2.19. The van der Waals surface area contributed by atoms with Crippen molar-refractivity contribution in [3.05, 3.63) is 29.7 Å². The van der Waals surface area contributed by atoms with E-state index in [0.29, 0.717) is 29.2 Å². The second-order valence-corrected chi connectivity index (χ2v) is 5.72. The molecule has 0 bridgehead atoms. The van der Waals surface area contributed by atoms with Crippen molar-refractivity contribution < 1.29 is 13.9 Å². The summed E-state index contributed by atoms with van der Waals surface area (Å²) in [4.78, 5) is 16.7. The molecule has 0 aliphatic rings. The quantitative estimate of drug-likeness (QED) is 0.553. The lowest BCUT2D eigenvalue weighted by atomic mass is 10.2. The van der Waals surface area contributed by atoms with Gasteiger partial charge in [0.1, 0.15) is 5.52 Å². The molecule has 0 amide bonds. The van der Waals surface area contributed by atoms with Crippen molar-refractivity contribution in [3.8, 4) is 0 Å². The Morgan fingerprint density at radius 1 is 1.30 bits per heavy atom. The number of hydrogen-bond donors (Lipinski definition) is 1. The first-order valence-corrected chi connectivity index (χ1v) is 8.47. The van der Waals surface area contributed by atoms with E-state index >= 15 is 0 Å². The van der Waals surface area contributed by atoms with Gasteiger partial charge in [-0.2, -0.15) is 0 Å². The van der Waals surface area contributed by atoms with E-state index in [2.05, 4.69) is 24.1 Å². The molecule has 1 aromatic carbocycles. The zero-order chi connectivity index (χ0) is 16.7. The Kier molecular flexibility index (Phi) is 6.59. The lowest BCUT2D eigenvalue weighted by molar-refractivity contribution is 0.0502. The smallest absolute Gasteiger partial charge is 0.340 e. The number of esters is 1. The molecule has 2 aromatic rings. The van der Waals surface area contributed by atoms with E-state index in [9.17, 15) is 4.79 Å². The number of unbranched alkanes of at least 4 members (excludes halogenated alkanes) is 2. The summed E-state index contributed by atoms with van der Waals surface area (Å²) in [7, 11) is 0. The fourth-order valence-corrected chi connectivity index (χ4v) is 2.29. The molecule has 1 aromatic heterocycles. The normalized spacial score (nSPS) is 12.5. The van der Waals surface area contributed by atoms with E-state index in [1.165, 1.54) is 0 Å². The van der Waals surface area contributed by atoms with Gasteiger partial charge in [0.05, 0.1) is 18.2 Å². The average Bonchev–Trinajstić information content (AvgIpc) is 2.99. The van der Waals surface area contributed by atoms with Crippen LogP contribution in [-0.4, -0.2) is 24.1 Å². The lowest BCUT2D eigenvalue weighted by Gasteiger charge is -2.08. The van der Waals surface area contributed by atoms with Crippen LogP contribution in [0.4, 0.5) is 0 Å². The van der Waals surface area contributed by atoms with Crippen molar-refractivity contribution in [1.29, 1.82) is 0 Å².